The van der Waals surface area contributed by atoms with Crippen molar-refractivity contribution in [2.75, 3.05) is 0 Å². The molecule has 1 heteroatoms. The number of nitrogens with two attached hydrogens (primary N) is 1. The molecule has 0 radical (unpaired) electrons. The van der Waals surface area contributed by atoms with Crippen LogP contribution in [-0.4, -0.2) is 6.04 Å². The maximum atomic E-state index is 6.11. The van der Waals surface area contributed by atoms with E-state index in [2.05, 4.69) is 13.5 Å². The summed E-state index contributed by atoms with van der Waals surface area (Å²) in [6.07, 6.45) is 17.8. The van der Waals surface area contributed by atoms with Crippen molar-refractivity contribution in [1.82, 2.24) is 0 Å². The molecule has 17 heavy (non-hydrogen) atoms. The first-order chi connectivity index (χ1) is 8.31. The van der Waals surface area contributed by atoms with Crippen molar-refractivity contribution in [2.24, 2.45) is 5.73 Å². The third-order valence-corrected chi connectivity index (χ3v) is 3.41. The predicted molar refractivity (Wildman–Crippen MR) is 79.3 cm³/mol. The molecule has 0 rings (SSSR count). The summed E-state index contributed by atoms with van der Waals surface area (Å²) in [4.78, 5) is 0. The van der Waals surface area contributed by atoms with Gasteiger partial charge >= 0.3 is 0 Å². The lowest BCUT2D eigenvalue weighted by atomic mass is 10.0. The van der Waals surface area contributed by atoms with E-state index in [1.807, 2.05) is 6.08 Å². The van der Waals surface area contributed by atoms with Gasteiger partial charge in [0, 0.05) is 6.04 Å². The van der Waals surface area contributed by atoms with Gasteiger partial charge in [0.15, 0.2) is 0 Å². The van der Waals surface area contributed by atoms with Crippen molar-refractivity contribution in [3.05, 3.63) is 12.7 Å². The van der Waals surface area contributed by atoms with Crippen LogP contribution in [0.2, 0.25) is 0 Å². The van der Waals surface area contributed by atoms with E-state index in [9.17, 15) is 0 Å². The van der Waals surface area contributed by atoms with Gasteiger partial charge in [-0.25, -0.2) is 0 Å². The minimum Gasteiger partial charge on any atom is -0.328 e. The Hall–Kier alpha value is -0.300. The van der Waals surface area contributed by atoms with E-state index < -0.39 is 0 Å². The van der Waals surface area contributed by atoms with E-state index >= 15 is 0 Å². The number of unbranched alkanes of at least 4 members (excludes halogenated alkanes) is 8. The molecule has 0 bridgehead atoms. The van der Waals surface area contributed by atoms with Crippen LogP contribution in [0.4, 0.5) is 0 Å². The Kier molecular flexibility index (Phi) is 13.5. The summed E-state index contributed by atoms with van der Waals surface area (Å²) in [5.41, 5.74) is 6.11. The second-order valence-corrected chi connectivity index (χ2v) is 5.24. The number of hydrogen-bond donors (Lipinski definition) is 1. The van der Waals surface area contributed by atoms with Gasteiger partial charge in [-0.1, -0.05) is 64.4 Å². The highest BCUT2D eigenvalue weighted by Gasteiger charge is 2.01. The molecule has 0 saturated heterocycles. The number of rotatable bonds is 13. The molecule has 0 spiro atoms. The molecule has 0 heterocycles. The fourth-order valence-electron chi connectivity index (χ4n) is 2.20. The van der Waals surface area contributed by atoms with E-state index in [-0.39, 0.29) is 0 Å². The molecule has 0 aliphatic heterocycles. The first-order valence-electron chi connectivity index (χ1n) is 7.67. The Labute approximate surface area is 109 Å². The molecular weight excluding hydrogens is 206 g/mol. The van der Waals surface area contributed by atoms with Gasteiger partial charge in [0.25, 0.3) is 0 Å². The number of hydrogen-bond acceptors (Lipinski definition) is 1. The minimum absolute atomic E-state index is 0.449. The average Bonchev–Trinajstić information content (AvgIpc) is 2.33. The zero-order valence-electron chi connectivity index (χ0n) is 11.9. The van der Waals surface area contributed by atoms with Crippen LogP contribution in [0, 0.1) is 0 Å². The summed E-state index contributed by atoms with van der Waals surface area (Å²) in [5, 5.41) is 0. The Bertz CT molecular complexity index is 154. The summed E-state index contributed by atoms with van der Waals surface area (Å²) in [6, 6.07) is 0.449. The van der Waals surface area contributed by atoms with Crippen molar-refractivity contribution < 1.29 is 0 Å². The van der Waals surface area contributed by atoms with Crippen LogP contribution in [0.3, 0.4) is 0 Å². The molecule has 1 unspecified atom stereocenters. The highest BCUT2D eigenvalue weighted by atomic mass is 14.6. The third-order valence-electron chi connectivity index (χ3n) is 3.41. The monoisotopic (exact) mass is 239 g/mol. The molecule has 0 aromatic rings. The van der Waals surface area contributed by atoms with Gasteiger partial charge in [0.05, 0.1) is 0 Å². The summed E-state index contributed by atoms with van der Waals surface area (Å²) >= 11 is 0. The molecule has 0 aliphatic rings. The normalized spacial score (nSPS) is 12.6. The second-order valence-electron chi connectivity index (χ2n) is 5.24. The molecular formula is C16H33N. The Balaban J connectivity index is 3.11. The highest BCUT2D eigenvalue weighted by molar-refractivity contribution is 4.66. The van der Waals surface area contributed by atoms with Crippen molar-refractivity contribution in [2.45, 2.75) is 90.0 Å². The molecule has 0 amide bonds. The van der Waals surface area contributed by atoms with E-state index in [0.717, 1.165) is 6.42 Å². The van der Waals surface area contributed by atoms with Gasteiger partial charge in [-0.15, -0.1) is 6.58 Å². The molecule has 0 aromatic heterocycles. The summed E-state index contributed by atoms with van der Waals surface area (Å²) in [5.74, 6) is 0. The zero-order chi connectivity index (χ0) is 12.8. The van der Waals surface area contributed by atoms with Gasteiger partial charge in [0.2, 0.25) is 0 Å². The number of allylic oxidation sites excluding steroid dienone is 1. The van der Waals surface area contributed by atoms with Gasteiger partial charge < -0.3 is 5.73 Å². The van der Waals surface area contributed by atoms with Crippen molar-refractivity contribution >= 4 is 0 Å². The zero-order valence-corrected chi connectivity index (χ0v) is 11.9. The fourth-order valence-corrected chi connectivity index (χ4v) is 2.20. The van der Waals surface area contributed by atoms with Crippen LogP contribution in [0.1, 0.15) is 84.0 Å². The van der Waals surface area contributed by atoms with Crippen molar-refractivity contribution in [1.29, 1.82) is 0 Å². The van der Waals surface area contributed by atoms with E-state index in [0.29, 0.717) is 6.04 Å². The SMILES string of the molecule is C=CCCCCCC(N)CCCCCCCC. The lowest BCUT2D eigenvalue weighted by Crippen LogP contribution is -2.19. The van der Waals surface area contributed by atoms with E-state index in [4.69, 9.17) is 5.73 Å². The van der Waals surface area contributed by atoms with Crippen molar-refractivity contribution in [3.63, 3.8) is 0 Å². The molecule has 1 atom stereocenters. The Morgan fingerprint density at radius 2 is 1.41 bits per heavy atom. The molecule has 0 saturated carbocycles. The first-order valence-corrected chi connectivity index (χ1v) is 7.67. The summed E-state index contributed by atoms with van der Waals surface area (Å²) in [6.45, 7) is 6.01. The predicted octanol–water partition coefficient (Wildman–Crippen LogP) is 5.20. The van der Waals surface area contributed by atoms with Crippen LogP contribution < -0.4 is 5.73 Å². The molecule has 0 aromatic carbocycles. The quantitative estimate of drug-likeness (QED) is 0.347. The molecule has 0 aliphatic carbocycles. The maximum Gasteiger partial charge on any atom is 0.00388 e. The fraction of sp³-hybridized carbons (Fsp3) is 0.875. The highest BCUT2D eigenvalue weighted by Crippen LogP contribution is 2.12. The Morgan fingerprint density at radius 3 is 2.00 bits per heavy atom. The Morgan fingerprint density at radius 1 is 0.882 bits per heavy atom. The minimum atomic E-state index is 0.449. The van der Waals surface area contributed by atoms with Gasteiger partial charge in [0.1, 0.15) is 0 Å². The molecule has 1 nitrogen and oxygen atoms in total. The van der Waals surface area contributed by atoms with Crippen LogP contribution in [0.15, 0.2) is 12.7 Å². The first kappa shape index (κ1) is 16.7. The maximum absolute atomic E-state index is 6.11. The largest absolute Gasteiger partial charge is 0.328 e. The van der Waals surface area contributed by atoms with Gasteiger partial charge in [-0.2, -0.15) is 0 Å². The van der Waals surface area contributed by atoms with Gasteiger partial charge in [-0.05, 0) is 25.7 Å². The smallest absolute Gasteiger partial charge is 0.00388 e. The third kappa shape index (κ3) is 13.6. The van der Waals surface area contributed by atoms with Gasteiger partial charge in [-0.3, -0.25) is 0 Å². The van der Waals surface area contributed by atoms with Crippen LogP contribution in [-0.2, 0) is 0 Å². The lowest BCUT2D eigenvalue weighted by Gasteiger charge is -2.10. The lowest BCUT2D eigenvalue weighted by molar-refractivity contribution is 0.490. The van der Waals surface area contributed by atoms with Crippen LogP contribution >= 0.6 is 0 Å². The average molecular weight is 239 g/mol. The summed E-state index contributed by atoms with van der Waals surface area (Å²) < 4.78 is 0. The van der Waals surface area contributed by atoms with Crippen LogP contribution in [0.25, 0.3) is 0 Å². The molecule has 0 fully saturated rings. The molecule has 102 valence electrons. The van der Waals surface area contributed by atoms with Crippen LogP contribution in [0.5, 0.6) is 0 Å². The standard InChI is InChI=1S/C16H33N/c1-3-5-7-9-11-13-15-16(17)14-12-10-8-6-4-2/h4,16H,2-3,5-15,17H2,1H3. The van der Waals surface area contributed by atoms with E-state index in [1.165, 1.54) is 70.6 Å². The second kappa shape index (κ2) is 13.8. The molecule has 2 N–H and O–H groups in total. The van der Waals surface area contributed by atoms with Crippen molar-refractivity contribution in [3.8, 4) is 0 Å². The summed E-state index contributed by atoms with van der Waals surface area (Å²) in [7, 11) is 0. The van der Waals surface area contributed by atoms with E-state index in [1.54, 1.807) is 0 Å². The topological polar surface area (TPSA) is 26.0 Å².